The van der Waals surface area contributed by atoms with Gasteiger partial charge in [0.2, 0.25) is 0 Å². The van der Waals surface area contributed by atoms with Gasteiger partial charge in [-0.05, 0) is 38.0 Å². The fraction of sp³-hybridized carbons (Fsp3) is 0.375. The molecule has 0 atom stereocenters. The molecule has 1 fully saturated rings. The van der Waals surface area contributed by atoms with Crippen molar-refractivity contribution < 1.29 is 0 Å². The molecule has 0 spiro atoms. The number of nitrogen functional groups attached to an aromatic ring is 1. The van der Waals surface area contributed by atoms with Crippen LogP contribution in [0.3, 0.4) is 0 Å². The van der Waals surface area contributed by atoms with Gasteiger partial charge in [0.05, 0.1) is 11.2 Å². The minimum atomic E-state index is -0.101. The van der Waals surface area contributed by atoms with Gasteiger partial charge in [-0.3, -0.25) is 0 Å². The van der Waals surface area contributed by atoms with Crippen molar-refractivity contribution in [2.45, 2.75) is 35.2 Å². The third-order valence-corrected chi connectivity index (χ3v) is 5.83. The van der Waals surface area contributed by atoms with E-state index in [2.05, 4.69) is 21.8 Å². The van der Waals surface area contributed by atoms with Crippen LogP contribution in [0.4, 0.5) is 11.6 Å². The van der Waals surface area contributed by atoms with Crippen molar-refractivity contribution in [1.29, 1.82) is 0 Å². The van der Waals surface area contributed by atoms with Crippen molar-refractivity contribution >= 4 is 46.6 Å². The number of hydrogen-bond acceptors (Lipinski definition) is 6. The molecule has 5 nitrogen and oxygen atoms in total. The second kappa shape index (κ2) is 6.96. The van der Waals surface area contributed by atoms with Gasteiger partial charge >= 0.3 is 0 Å². The second-order valence-corrected chi connectivity index (χ2v) is 8.11. The SMILES string of the molecule is CC1(N)CCN(c2cnc(Sc3ccc(Cl)cc3Cl)c(N)n2)CC1. The molecule has 0 saturated carbocycles. The highest BCUT2D eigenvalue weighted by Gasteiger charge is 2.26. The molecular weight excluding hydrogens is 365 g/mol. The standard InChI is InChI=1S/C16H19Cl2N5S/c1-16(20)4-6-23(7-5-16)13-9-21-15(14(19)22-13)24-12-3-2-10(17)8-11(12)18/h2-3,8-9H,4-7,20H2,1H3,(H2,19,22). The molecule has 0 aliphatic carbocycles. The molecule has 2 aromatic rings. The van der Waals surface area contributed by atoms with Crippen molar-refractivity contribution in [3.63, 3.8) is 0 Å². The maximum atomic E-state index is 6.20. The fourth-order valence-corrected chi connectivity index (χ4v) is 3.80. The van der Waals surface area contributed by atoms with Gasteiger partial charge in [0.25, 0.3) is 0 Å². The minimum absolute atomic E-state index is 0.101. The van der Waals surface area contributed by atoms with Crippen LogP contribution in [-0.4, -0.2) is 28.6 Å². The van der Waals surface area contributed by atoms with Gasteiger partial charge in [-0.15, -0.1) is 0 Å². The van der Waals surface area contributed by atoms with Gasteiger partial charge in [0.15, 0.2) is 5.82 Å². The Balaban J connectivity index is 1.75. The first kappa shape index (κ1) is 17.6. The van der Waals surface area contributed by atoms with Gasteiger partial charge < -0.3 is 16.4 Å². The van der Waals surface area contributed by atoms with Crippen molar-refractivity contribution in [1.82, 2.24) is 9.97 Å². The van der Waals surface area contributed by atoms with E-state index in [9.17, 15) is 0 Å². The van der Waals surface area contributed by atoms with Gasteiger partial charge in [-0.2, -0.15) is 0 Å². The first-order valence-electron chi connectivity index (χ1n) is 7.63. The van der Waals surface area contributed by atoms with Crippen molar-refractivity contribution in [3.8, 4) is 0 Å². The molecule has 1 aliphatic heterocycles. The average molecular weight is 384 g/mol. The van der Waals surface area contributed by atoms with E-state index < -0.39 is 0 Å². The Morgan fingerprint density at radius 1 is 1.25 bits per heavy atom. The summed E-state index contributed by atoms with van der Waals surface area (Å²) < 4.78 is 0. The quantitative estimate of drug-likeness (QED) is 0.837. The van der Waals surface area contributed by atoms with Crippen LogP contribution in [0.5, 0.6) is 0 Å². The van der Waals surface area contributed by atoms with Crippen LogP contribution in [0.25, 0.3) is 0 Å². The highest BCUT2D eigenvalue weighted by Crippen LogP contribution is 2.36. The van der Waals surface area contributed by atoms with Gasteiger partial charge in [-0.25, -0.2) is 9.97 Å². The molecule has 1 saturated heterocycles. The highest BCUT2D eigenvalue weighted by molar-refractivity contribution is 7.99. The van der Waals surface area contributed by atoms with E-state index in [1.165, 1.54) is 11.8 Å². The number of nitrogens with two attached hydrogens (primary N) is 2. The van der Waals surface area contributed by atoms with E-state index in [0.29, 0.717) is 20.9 Å². The van der Waals surface area contributed by atoms with E-state index in [1.807, 2.05) is 6.07 Å². The number of anilines is 2. The Labute approximate surface area is 155 Å². The summed E-state index contributed by atoms with van der Waals surface area (Å²) in [7, 11) is 0. The van der Waals surface area contributed by atoms with Crippen LogP contribution in [0, 0.1) is 0 Å². The van der Waals surface area contributed by atoms with Crippen molar-refractivity contribution in [3.05, 3.63) is 34.4 Å². The van der Waals surface area contributed by atoms with Crippen molar-refractivity contribution in [2.75, 3.05) is 23.7 Å². The zero-order chi connectivity index (χ0) is 17.3. The van der Waals surface area contributed by atoms with Crippen LogP contribution in [0.15, 0.2) is 34.3 Å². The van der Waals surface area contributed by atoms with Crippen molar-refractivity contribution in [2.24, 2.45) is 5.73 Å². The van der Waals surface area contributed by atoms with Crippen LogP contribution >= 0.6 is 35.0 Å². The lowest BCUT2D eigenvalue weighted by Crippen LogP contribution is -2.48. The smallest absolute Gasteiger partial charge is 0.158 e. The van der Waals surface area contributed by atoms with Crippen LogP contribution in [0.1, 0.15) is 19.8 Å². The highest BCUT2D eigenvalue weighted by atomic mass is 35.5. The topological polar surface area (TPSA) is 81.1 Å². The molecular formula is C16H19Cl2N5S. The summed E-state index contributed by atoms with van der Waals surface area (Å²) >= 11 is 13.5. The summed E-state index contributed by atoms with van der Waals surface area (Å²) in [4.78, 5) is 12.0. The average Bonchev–Trinajstić information content (AvgIpc) is 2.52. The van der Waals surface area contributed by atoms with Gasteiger partial charge in [0, 0.05) is 28.5 Å². The maximum Gasteiger partial charge on any atom is 0.158 e. The molecule has 4 N–H and O–H groups in total. The molecule has 3 rings (SSSR count). The molecule has 1 aliphatic rings. The first-order chi connectivity index (χ1) is 11.3. The predicted molar refractivity (Wildman–Crippen MR) is 101 cm³/mol. The van der Waals surface area contributed by atoms with E-state index >= 15 is 0 Å². The Hall–Kier alpha value is -1.21. The molecule has 0 amide bonds. The number of rotatable bonds is 3. The van der Waals surface area contributed by atoms with Crippen LogP contribution in [-0.2, 0) is 0 Å². The molecule has 8 heteroatoms. The monoisotopic (exact) mass is 383 g/mol. The molecule has 128 valence electrons. The van der Waals surface area contributed by atoms with E-state index in [-0.39, 0.29) is 5.54 Å². The summed E-state index contributed by atoms with van der Waals surface area (Å²) in [6, 6.07) is 5.32. The third kappa shape index (κ3) is 4.06. The Kier molecular flexibility index (Phi) is 5.11. The van der Waals surface area contributed by atoms with Gasteiger partial charge in [-0.1, -0.05) is 35.0 Å². The minimum Gasteiger partial charge on any atom is -0.381 e. The van der Waals surface area contributed by atoms with E-state index in [4.69, 9.17) is 34.7 Å². The predicted octanol–water partition coefficient (Wildman–Crippen LogP) is 3.83. The number of piperidine rings is 1. The lowest BCUT2D eigenvalue weighted by Gasteiger charge is -2.37. The molecule has 1 aromatic heterocycles. The van der Waals surface area contributed by atoms with E-state index in [0.717, 1.165) is 36.6 Å². The zero-order valence-electron chi connectivity index (χ0n) is 13.3. The number of benzene rings is 1. The molecule has 0 radical (unpaired) electrons. The summed E-state index contributed by atoms with van der Waals surface area (Å²) in [5.74, 6) is 1.18. The lowest BCUT2D eigenvalue weighted by molar-refractivity contribution is 0.363. The summed E-state index contributed by atoms with van der Waals surface area (Å²) in [6.45, 7) is 3.80. The normalized spacial score (nSPS) is 17.1. The largest absolute Gasteiger partial charge is 0.381 e. The first-order valence-corrected chi connectivity index (χ1v) is 9.20. The summed E-state index contributed by atoms with van der Waals surface area (Å²) in [6.07, 6.45) is 3.60. The Bertz CT molecular complexity index is 743. The lowest BCUT2D eigenvalue weighted by atomic mass is 9.91. The fourth-order valence-electron chi connectivity index (χ4n) is 2.52. The number of aromatic nitrogens is 2. The Morgan fingerprint density at radius 2 is 1.96 bits per heavy atom. The van der Waals surface area contributed by atoms with Gasteiger partial charge in [0.1, 0.15) is 10.8 Å². The van der Waals surface area contributed by atoms with Crippen LogP contribution < -0.4 is 16.4 Å². The second-order valence-electron chi connectivity index (χ2n) is 6.24. The molecule has 2 heterocycles. The number of nitrogens with zero attached hydrogens (tertiary/aromatic N) is 3. The molecule has 0 bridgehead atoms. The number of halogens is 2. The molecule has 1 aromatic carbocycles. The number of hydrogen-bond donors (Lipinski definition) is 2. The maximum absolute atomic E-state index is 6.20. The summed E-state index contributed by atoms with van der Waals surface area (Å²) in [5.41, 5.74) is 12.2. The Morgan fingerprint density at radius 3 is 2.58 bits per heavy atom. The van der Waals surface area contributed by atoms with Crippen LogP contribution in [0.2, 0.25) is 10.0 Å². The van der Waals surface area contributed by atoms with E-state index in [1.54, 1.807) is 18.3 Å². The zero-order valence-corrected chi connectivity index (χ0v) is 15.6. The molecule has 24 heavy (non-hydrogen) atoms. The third-order valence-electron chi connectivity index (χ3n) is 4.08. The summed E-state index contributed by atoms with van der Waals surface area (Å²) in [5, 5.41) is 1.79. The molecule has 0 unspecified atom stereocenters.